The monoisotopic (exact) mass is 389 g/mol. The molecule has 29 heavy (non-hydrogen) atoms. The Morgan fingerprint density at radius 2 is 1.97 bits per heavy atom. The molecule has 2 aromatic carbocycles. The number of benzene rings is 2. The summed E-state index contributed by atoms with van der Waals surface area (Å²) in [6.45, 7) is 2.15. The van der Waals surface area contributed by atoms with E-state index in [0.29, 0.717) is 13.1 Å². The Kier molecular flexibility index (Phi) is 6.10. The molecule has 1 saturated carbocycles. The highest BCUT2D eigenvalue weighted by Crippen LogP contribution is 2.30. The van der Waals surface area contributed by atoms with E-state index in [-0.39, 0.29) is 0 Å². The molecule has 1 heterocycles. The maximum atomic E-state index is 6.00. The summed E-state index contributed by atoms with van der Waals surface area (Å²) in [5.74, 6) is 2.45. The Morgan fingerprint density at radius 3 is 2.76 bits per heavy atom. The average molecular weight is 390 g/mol. The quantitative estimate of drug-likeness (QED) is 0.457. The van der Waals surface area contributed by atoms with E-state index < -0.39 is 0 Å². The van der Waals surface area contributed by atoms with Crippen LogP contribution in [0.25, 0.3) is 5.69 Å². The fourth-order valence-electron chi connectivity index (χ4n) is 3.10. The second-order valence-corrected chi connectivity index (χ2v) is 7.26. The van der Waals surface area contributed by atoms with Crippen molar-refractivity contribution in [1.82, 2.24) is 20.4 Å². The summed E-state index contributed by atoms with van der Waals surface area (Å²) in [5, 5.41) is 11.0. The molecule has 0 bridgehead atoms. The van der Waals surface area contributed by atoms with Crippen LogP contribution >= 0.6 is 0 Å². The number of aliphatic imine (C=N–C) groups is 1. The standard InChI is InChI=1S/C23H27N5O/c1-24-23(25-15-19-6-4-8-21(14-19)28-13-5-12-27-28)26-16-20-7-2-3-9-22(20)29-17-18-10-11-18/h2-9,12-14,18H,10-11,15-17H2,1H3,(H2,24,25,26). The molecular formula is C23H27N5O. The van der Waals surface area contributed by atoms with Gasteiger partial charge in [0.15, 0.2) is 5.96 Å². The van der Waals surface area contributed by atoms with Gasteiger partial charge in [0.2, 0.25) is 0 Å². The highest BCUT2D eigenvalue weighted by Gasteiger charge is 2.22. The second kappa shape index (κ2) is 9.28. The summed E-state index contributed by atoms with van der Waals surface area (Å²) < 4.78 is 7.85. The van der Waals surface area contributed by atoms with Crippen LogP contribution < -0.4 is 15.4 Å². The van der Waals surface area contributed by atoms with Gasteiger partial charge in [-0.15, -0.1) is 0 Å². The smallest absolute Gasteiger partial charge is 0.191 e. The normalized spacial score (nSPS) is 13.9. The zero-order valence-electron chi connectivity index (χ0n) is 16.7. The fraction of sp³-hybridized carbons (Fsp3) is 0.304. The molecule has 150 valence electrons. The molecule has 0 spiro atoms. The lowest BCUT2D eigenvalue weighted by atomic mass is 10.2. The van der Waals surface area contributed by atoms with Crippen LogP contribution in [0.15, 0.2) is 72.0 Å². The number of nitrogens with zero attached hydrogens (tertiary/aromatic N) is 3. The Labute approximate surface area is 171 Å². The third-order valence-electron chi connectivity index (χ3n) is 4.95. The van der Waals surface area contributed by atoms with Gasteiger partial charge in [0.25, 0.3) is 0 Å². The van der Waals surface area contributed by atoms with Crippen LogP contribution in [0.5, 0.6) is 5.75 Å². The summed E-state index contributed by atoms with van der Waals surface area (Å²) in [6.07, 6.45) is 6.30. The minimum atomic E-state index is 0.661. The molecule has 0 saturated heterocycles. The van der Waals surface area contributed by atoms with Crippen LogP contribution in [0.1, 0.15) is 24.0 Å². The molecule has 0 atom stereocenters. The van der Waals surface area contributed by atoms with Crippen molar-refractivity contribution in [1.29, 1.82) is 0 Å². The molecule has 0 unspecified atom stereocenters. The van der Waals surface area contributed by atoms with Crippen LogP contribution in [0, 0.1) is 5.92 Å². The highest BCUT2D eigenvalue weighted by molar-refractivity contribution is 5.79. The molecule has 1 aliphatic rings. The summed E-state index contributed by atoms with van der Waals surface area (Å²) in [5.41, 5.74) is 3.34. The predicted octanol–water partition coefficient (Wildman–Crippen LogP) is 3.53. The number of hydrogen-bond acceptors (Lipinski definition) is 3. The molecule has 0 radical (unpaired) electrons. The first-order chi connectivity index (χ1) is 14.3. The molecule has 1 aromatic heterocycles. The molecule has 1 aliphatic carbocycles. The van der Waals surface area contributed by atoms with E-state index in [9.17, 15) is 0 Å². The number of nitrogens with one attached hydrogen (secondary N) is 2. The Balaban J connectivity index is 1.32. The minimum absolute atomic E-state index is 0.661. The number of para-hydroxylation sites is 1. The van der Waals surface area contributed by atoms with Crippen LogP contribution in [-0.2, 0) is 13.1 Å². The van der Waals surface area contributed by atoms with E-state index in [4.69, 9.17) is 4.74 Å². The maximum Gasteiger partial charge on any atom is 0.191 e. The van der Waals surface area contributed by atoms with Gasteiger partial charge in [-0.05, 0) is 48.6 Å². The lowest BCUT2D eigenvalue weighted by Crippen LogP contribution is -2.36. The van der Waals surface area contributed by atoms with E-state index >= 15 is 0 Å². The van der Waals surface area contributed by atoms with Gasteiger partial charge in [0, 0.05) is 38.1 Å². The Bertz CT molecular complexity index is 947. The largest absolute Gasteiger partial charge is 0.493 e. The highest BCUT2D eigenvalue weighted by atomic mass is 16.5. The van der Waals surface area contributed by atoms with Gasteiger partial charge in [-0.25, -0.2) is 4.68 Å². The predicted molar refractivity (Wildman–Crippen MR) is 115 cm³/mol. The van der Waals surface area contributed by atoms with Gasteiger partial charge >= 0.3 is 0 Å². The van der Waals surface area contributed by atoms with Gasteiger partial charge in [-0.2, -0.15) is 5.10 Å². The first kappa shape index (κ1) is 19.1. The number of guanidine groups is 1. The SMILES string of the molecule is CN=C(NCc1cccc(-n2cccn2)c1)NCc1ccccc1OCC1CC1. The van der Waals surface area contributed by atoms with Gasteiger partial charge < -0.3 is 15.4 Å². The molecule has 0 aliphatic heterocycles. The van der Waals surface area contributed by atoms with Gasteiger partial charge in [0.1, 0.15) is 5.75 Å². The third-order valence-corrected chi connectivity index (χ3v) is 4.95. The summed E-state index contributed by atoms with van der Waals surface area (Å²) in [7, 11) is 1.78. The van der Waals surface area contributed by atoms with Crippen LogP contribution in [0.4, 0.5) is 0 Å². The van der Waals surface area contributed by atoms with Gasteiger partial charge in [0.05, 0.1) is 12.3 Å². The van der Waals surface area contributed by atoms with Gasteiger partial charge in [-0.1, -0.05) is 30.3 Å². The van der Waals surface area contributed by atoms with Crippen LogP contribution in [0.2, 0.25) is 0 Å². The number of ether oxygens (including phenoxy) is 1. The van der Waals surface area contributed by atoms with Crippen molar-refractivity contribution in [3.8, 4) is 11.4 Å². The number of rotatable bonds is 8. The van der Waals surface area contributed by atoms with Crippen molar-refractivity contribution in [2.24, 2.45) is 10.9 Å². The van der Waals surface area contributed by atoms with Crippen LogP contribution in [-0.4, -0.2) is 29.4 Å². The van der Waals surface area contributed by atoms with E-state index in [1.54, 1.807) is 13.2 Å². The van der Waals surface area contributed by atoms with E-state index in [1.807, 2.05) is 47.3 Å². The zero-order chi connectivity index (χ0) is 19.9. The molecule has 6 nitrogen and oxygen atoms in total. The minimum Gasteiger partial charge on any atom is -0.493 e. The summed E-state index contributed by atoms with van der Waals surface area (Å²) >= 11 is 0. The van der Waals surface area contributed by atoms with E-state index in [2.05, 4.69) is 38.9 Å². The lowest BCUT2D eigenvalue weighted by Gasteiger charge is -2.15. The fourth-order valence-corrected chi connectivity index (χ4v) is 3.10. The summed E-state index contributed by atoms with van der Waals surface area (Å²) in [4.78, 5) is 4.34. The van der Waals surface area contributed by atoms with E-state index in [0.717, 1.165) is 41.0 Å². The zero-order valence-corrected chi connectivity index (χ0v) is 16.7. The number of hydrogen-bond donors (Lipinski definition) is 2. The Morgan fingerprint density at radius 1 is 1.10 bits per heavy atom. The first-order valence-corrected chi connectivity index (χ1v) is 10.1. The third kappa shape index (κ3) is 5.38. The molecule has 0 amide bonds. The molecule has 4 rings (SSSR count). The van der Waals surface area contributed by atoms with Crippen molar-refractivity contribution in [3.05, 3.63) is 78.1 Å². The molecule has 6 heteroatoms. The number of aromatic nitrogens is 2. The topological polar surface area (TPSA) is 63.5 Å². The Hall–Kier alpha value is -3.28. The first-order valence-electron chi connectivity index (χ1n) is 10.1. The maximum absolute atomic E-state index is 6.00. The van der Waals surface area contributed by atoms with Crippen LogP contribution in [0.3, 0.4) is 0 Å². The molecular weight excluding hydrogens is 362 g/mol. The molecule has 1 fully saturated rings. The molecule has 3 aromatic rings. The van der Waals surface area contributed by atoms with Gasteiger partial charge in [-0.3, -0.25) is 4.99 Å². The van der Waals surface area contributed by atoms with Crippen molar-refractivity contribution >= 4 is 5.96 Å². The van der Waals surface area contributed by atoms with E-state index in [1.165, 1.54) is 12.8 Å². The second-order valence-electron chi connectivity index (χ2n) is 7.26. The lowest BCUT2D eigenvalue weighted by molar-refractivity contribution is 0.296. The van der Waals surface area contributed by atoms with Crippen molar-refractivity contribution in [2.75, 3.05) is 13.7 Å². The average Bonchev–Trinajstić information content (AvgIpc) is 3.43. The summed E-state index contributed by atoms with van der Waals surface area (Å²) in [6, 6.07) is 18.4. The van der Waals surface area contributed by atoms with Crippen molar-refractivity contribution in [3.63, 3.8) is 0 Å². The van der Waals surface area contributed by atoms with Crippen molar-refractivity contribution in [2.45, 2.75) is 25.9 Å². The molecule has 2 N–H and O–H groups in total. The van der Waals surface area contributed by atoms with Crippen molar-refractivity contribution < 1.29 is 4.74 Å².